The van der Waals surface area contributed by atoms with Crippen molar-refractivity contribution in [2.45, 2.75) is 45.6 Å². The van der Waals surface area contributed by atoms with Crippen LogP contribution in [0.2, 0.25) is 0 Å². The third-order valence-corrected chi connectivity index (χ3v) is 1.99. The van der Waals surface area contributed by atoms with Gasteiger partial charge in [0.2, 0.25) is 0 Å². The lowest BCUT2D eigenvalue weighted by atomic mass is 10.0. The first-order valence-corrected chi connectivity index (χ1v) is 4.37. The Hall–Kier alpha value is -0.740. The summed E-state index contributed by atoms with van der Waals surface area (Å²) in [5.41, 5.74) is 0.410. The molecule has 0 aromatic rings. The van der Waals surface area contributed by atoms with Crippen LogP contribution in [0.4, 0.5) is 0 Å². The third kappa shape index (κ3) is 4.98. The molecule has 12 heavy (non-hydrogen) atoms. The lowest BCUT2D eigenvalue weighted by Crippen LogP contribution is -2.20. The maximum absolute atomic E-state index is 9.44. The number of allylic oxidation sites excluding steroid dienone is 2. The van der Waals surface area contributed by atoms with Gasteiger partial charge in [-0.05, 0) is 33.1 Å². The number of aliphatic hydroxyl groups is 1. The molecule has 0 spiro atoms. The van der Waals surface area contributed by atoms with Crippen molar-refractivity contribution in [3.05, 3.63) is 11.6 Å². The molecule has 1 atom stereocenters. The average molecular weight is 166 g/mol. The maximum Gasteiger partial charge on any atom is 0.122 e. The van der Waals surface area contributed by atoms with Gasteiger partial charge < -0.3 is 5.11 Å². The summed E-state index contributed by atoms with van der Waals surface area (Å²) in [6.45, 7) is 5.87. The lowest BCUT2D eigenvalue weighted by Gasteiger charge is -2.14. The molecule has 0 aromatic carbocycles. The first-order valence-electron chi connectivity index (χ1n) is 4.37. The van der Waals surface area contributed by atoms with Crippen LogP contribution in [0.5, 0.6) is 0 Å². The Balaban J connectivity index is 3.79. The van der Waals surface area contributed by atoms with E-state index in [2.05, 4.69) is 25.8 Å². The highest BCUT2D eigenvalue weighted by atomic mass is 16.3. The zero-order valence-electron chi connectivity index (χ0n) is 8.22. The minimum atomic E-state index is -0.940. The molecule has 68 valence electrons. The fourth-order valence-electron chi connectivity index (χ4n) is 0.816. The van der Waals surface area contributed by atoms with Gasteiger partial charge in [0.25, 0.3) is 0 Å². The Morgan fingerprint density at radius 3 is 2.67 bits per heavy atom. The van der Waals surface area contributed by atoms with E-state index in [1.165, 1.54) is 5.57 Å². The van der Waals surface area contributed by atoms with Gasteiger partial charge in [0, 0.05) is 0 Å². The van der Waals surface area contributed by atoms with Crippen LogP contribution in [0.15, 0.2) is 11.6 Å². The summed E-state index contributed by atoms with van der Waals surface area (Å²) in [5.74, 6) is 2.36. The number of hydrogen-bond acceptors (Lipinski definition) is 1. The van der Waals surface area contributed by atoms with Crippen molar-refractivity contribution in [1.29, 1.82) is 0 Å². The van der Waals surface area contributed by atoms with Crippen LogP contribution in [0.3, 0.4) is 0 Å². The molecule has 0 amide bonds. The number of terminal acetylenes is 1. The highest BCUT2D eigenvalue weighted by Gasteiger charge is 2.14. The zero-order valence-corrected chi connectivity index (χ0v) is 8.22. The minimum Gasteiger partial charge on any atom is -0.378 e. The van der Waals surface area contributed by atoms with Gasteiger partial charge in [-0.1, -0.05) is 24.5 Å². The van der Waals surface area contributed by atoms with Gasteiger partial charge in [0.05, 0.1) is 0 Å². The highest BCUT2D eigenvalue weighted by Crippen LogP contribution is 2.12. The summed E-state index contributed by atoms with van der Waals surface area (Å²) in [6.07, 6.45) is 9.83. The van der Waals surface area contributed by atoms with E-state index in [0.29, 0.717) is 6.42 Å². The molecule has 1 unspecified atom stereocenters. The summed E-state index contributed by atoms with van der Waals surface area (Å²) in [4.78, 5) is 0. The smallest absolute Gasteiger partial charge is 0.122 e. The highest BCUT2D eigenvalue weighted by molar-refractivity contribution is 5.06. The van der Waals surface area contributed by atoms with Gasteiger partial charge in [-0.2, -0.15) is 0 Å². The van der Waals surface area contributed by atoms with Crippen LogP contribution in [-0.2, 0) is 0 Å². The topological polar surface area (TPSA) is 20.2 Å². The Morgan fingerprint density at radius 2 is 2.25 bits per heavy atom. The molecule has 0 saturated carbocycles. The van der Waals surface area contributed by atoms with E-state index < -0.39 is 5.60 Å². The van der Waals surface area contributed by atoms with Crippen molar-refractivity contribution < 1.29 is 5.11 Å². The van der Waals surface area contributed by atoms with E-state index in [1.54, 1.807) is 6.92 Å². The van der Waals surface area contributed by atoms with E-state index in [4.69, 9.17) is 6.42 Å². The van der Waals surface area contributed by atoms with Gasteiger partial charge >= 0.3 is 0 Å². The first-order chi connectivity index (χ1) is 5.52. The Bertz CT molecular complexity index is 194. The second-order valence-corrected chi connectivity index (χ2v) is 3.36. The van der Waals surface area contributed by atoms with E-state index >= 15 is 0 Å². The molecule has 0 saturated heterocycles. The van der Waals surface area contributed by atoms with Crippen LogP contribution in [-0.4, -0.2) is 10.7 Å². The molecule has 0 aromatic heterocycles. The molecule has 1 N–H and O–H groups in total. The third-order valence-electron chi connectivity index (χ3n) is 1.99. The second-order valence-electron chi connectivity index (χ2n) is 3.36. The van der Waals surface area contributed by atoms with Gasteiger partial charge in [-0.3, -0.25) is 0 Å². The molecule has 0 bridgehead atoms. The minimum absolute atomic E-state index is 0.640. The largest absolute Gasteiger partial charge is 0.378 e. The van der Waals surface area contributed by atoms with Crippen molar-refractivity contribution in [1.82, 2.24) is 0 Å². The second kappa shape index (κ2) is 5.00. The first kappa shape index (κ1) is 11.3. The molecule has 0 fully saturated rings. The van der Waals surface area contributed by atoms with Crippen molar-refractivity contribution >= 4 is 0 Å². The Morgan fingerprint density at radius 1 is 1.67 bits per heavy atom. The summed E-state index contributed by atoms with van der Waals surface area (Å²) in [5, 5.41) is 9.44. The summed E-state index contributed by atoms with van der Waals surface area (Å²) < 4.78 is 0. The van der Waals surface area contributed by atoms with Crippen LogP contribution in [0.25, 0.3) is 0 Å². The predicted molar refractivity (Wildman–Crippen MR) is 52.7 cm³/mol. The molecule has 1 heteroatoms. The average Bonchev–Trinajstić information content (AvgIpc) is 2.04. The summed E-state index contributed by atoms with van der Waals surface area (Å²) in [7, 11) is 0. The monoisotopic (exact) mass is 166 g/mol. The summed E-state index contributed by atoms with van der Waals surface area (Å²) >= 11 is 0. The Kier molecular flexibility index (Phi) is 4.70. The normalized spacial score (nSPS) is 16.8. The standard InChI is InChI=1S/C11H18O/c1-5-10(3)8-7-9-11(4,12)6-2/h2,8,12H,5,7,9H2,1,3-4H3. The SMILES string of the molecule is C#CC(C)(O)CCC=C(C)CC. The van der Waals surface area contributed by atoms with Crippen LogP contribution >= 0.6 is 0 Å². The van der Waals surface area contributed by atoms with Gasteiger partial charge in [0.1, 0.15) is 5.60 Å². The number of hydrogen-bond donors (Lipinski definition) is 1. The molecular formula is C11H18O. The van der Waals surface area contributed by atoms with Crippen molar-refractivity contribution in [3.63, 3.8) is 0 Å². The van der Waals surface area contributed by atoms with Crippen molar-refractivity contribution in [2.75, 3.05) is 0 Å². The quantitative estimate of drug-likeness (QED) is 0.502. The van der Waals surface area contributed by atoms with E-state index in [0.717, 1.165) is 12.8 Å². The molecule has 0 rings (SSSR count). The van der Waals surface area contributed by atoms with Crippen molar-refractivity contribution in [3.8, 4) is 12.3 Å². The predicted octanol–water partition coefficient (Wildman–Crippen LogP) is 2.51. The van der Waals surface area contributed by atoms with Crippen LogP contribution in [0, 0.1) is 12.3 Å². The molecule has 0 aliphatic heterocycles. The van der Waals surface area contributed by atoms with Crippen LogP contribution in [0.1, 0.15) is 40.0 Å². The fraction of sp³-hybridized carbons (Fsp3) is 0.636. The van der Waals surface area contributed by atoms with Gasteiger partial charge in [-0.15, -0.1) is 6.42 Å². The molecule has 0 heterocycles. The van der Waals surface area contributed by atoms with E-state index in [9.17, 15) is 5.11 Å². The Labute approximate surface area is 75.5 Å². The van der Waals surface area contributed by atoms with Crippen molar-refractivity contribution in [2.24, 2.45) is 0 Å². The zero-order chi connectivity index (χ0) is 9.61. The van der Waals surface area contributed by atoms with E-state index in [-0.39, 0.29) is 0 Å². The van der Waals surface area contributed by atoms with E-state index in [1.807, 2.05) is 0 Å². The van der Waals surface area contributed by atoms with Crippen LogP contribution < -0.4 is 0 Å². The maximum atomic E-state index is 9.44. The molecule has 0 radical (unpaired) electrons. The molecule has 0 aliphatic carbocycles. The molecule has 1 nitrogen and oxygen atoms in total. The fourth-order valence-corrected chi connectivity index (χ4v) is 0.816. The number of rotatable bonds is 4. The molecular weight excluding hydrogens is 148 g/mol. The lowest BCUT2D eigenvalue weighted by molar-refractivity contribution is 0.113. The molecule has 0 aliphatic rings. The van der Waals surface area contributed by atoms with Gasteiger partial charge in [0.15, 0.2) is 0 Å². The summed E-state index contributed by atoms with van der Waals surface area (Å²) in [6, 6.07) is 0. The van der Waals surface area contributed by atoms with Gasteiger partial charge in [-0.25, -0.2) is 0 Å².